The maximum atomic E-state index is 13.8. The molecule has 1 aromatic rings. The molecule has 0 aromatic heterocycles. The van der Waals surface area contributed by atoms with Crippen LogP contribution < -0.4 is 11.1 Å². The molecule has 3 N–H and O–H groups in total. The van der Waals surface area contributed by atoms with Gasteiger partial charge in [0.2, 0.25) is 5.91 Å². The van der Waals surface area contributed by atoms with Crippen LogP contribution in [0.15, 0.2) is 12.1 Å². The summed E-state index contributed by atoms with van der Waals surface area (Å²) in [6.07, 6.45) is 6.23. The predicted molar refractivity (Wildman–Crippen MR) is 109 cm³/mol. The van der Waals surface area contributed by atoms with E-state index < -0.39 is 23.5 Å². The van der Waals surface area contributed by atoms with Crippen LogP contribution in [0.4, 0.5) is 18.0 Å². The molecule has 3 atom stereocenters. The molecule has 3 aliphatic rings. The molecule has 2 aliphatic heterocycles. The fourth-order valence-electron chi connectivity index (χ4n) is 5.14. The Labute approximate surface area is 179 Å². The highest BCUT2D eigenvalue weighted by atomic mass is 19.2. The lowest BCUT2D eigenvalue weighted by atomic mass is 9.96. The minimum absolute atomic E-state index is 0.00240. The largest absolute Gasteiger partial charge is 0.336 e. The molecule has 170 valence electrons. The molecule has 9 heteroatoms. The summed E-state index contributed by atoms with van der Waals surface area (Å²) in [5, 5.41) is 3.13. The number of likely N-dealkylation sites (tertiary alicyclic amines) is 2. The summed E-state index contributed by atoms with van der Waals surface area (Å²) < 4.78 is 40.3. The van der Waals surface area contributed by atoms with Gasteiger partial charge in [0.1, 0.15) is 5.82 Å². The SMILES string of the molecule is N[C@@H](CC(=O)N1C[C@@H]2C[C@H]1CN2C(=O)NC1CCCCC1)Cc1cc(F)c(F)cc1F. The van der Waals surface area contributed by atoms with E-state index in [0.29, 0.717) is 19.2 Å². The van der Waals surface area contributed by atoms with Gasteiger partial charge in [0.05, 0.1) is 12.1 Å². The van der Waals surface area contributed by atoms with Gasteiger partial charge in [-0.3, -0.25) is 4.79 Å². The van der Waals surface area contributed by atoms with Crippen molar-refractivity contribution in [3.05, 3.63) is 35.1 Å². The van der Waals surface area contributed by atoms with Crippen LogP contribution in [-0.4, -0.2) is 59.0 Å². The second-order valence-electron chi connectivity index (χ2n) is 9.05. The van der Waals surface area contributed by atoms with Crippen molar-refractivity contribution in [2.24, 2.45) is 5.73 Å². The lowest BCUT2D eigenvalue weighted by molar-refractivity contribution is -0.133. The van der Waals surface area contributed by atoms with Crippen molar-refractivity contribution in [2.45, 2.75) is 75.5 Å². The molecule has 2 bridgehead atoms. The number of carbonyl (C=O) groups excluding carboxylic acids is 2. The van der Waals surface area contributed by atoms with Crippen LogP contribution in [0.25, 0.3) is 0 Å². The van der Waals surface area contributed by atoms with Crippen molar-refractivity contribution < 1.29 is 22.8 Å². The highest BCUT2D eigenvalue weighted by Gasteiger charge is 2.47. The number of halogens is 3. The molecule has 2 saturated heterocycles. The zero-order chi connectivity index (χ0) is 22.1. The monoisotopic (exact) mass is 438 g/mol. The van der Waals surface area contributed by atoms with Gasteiger partial charge in [-0.1, -0.05) is 19.3 Å². The molecule has 3 fully saturated rings. The minimum atomic E-state index is -1.25. The van der Waals surface area contributed by atoms with E-state index in [0.717, 1.165) is 38.2 Å². The van der Waals surface area contributed by atoms with Gasteiger partial charge < -0.3 is 20.9 Å². The van der Waals surface area contributed by atoms with E-state index in [1.807, 2.05) is 4.90 Å². The van der Waals surface area contributed by atoms with Crippen LogP contribution in [0.2, 0.25) is 0 Å². The number of nitrogens with one attached hydrogen (secondary N) is 1. The van der Waals surface area contributed by atoms with E-state index in [1.54, 1.807) is 4.90 Å². The van der Waals surface area contributed by atoms with Crippen LogP contribution in [0.5, 0.6) is 0 Å². The highest BCUT2D eigenvalue weighted by Crippen LogP contribution is 2.32. The molecule has 0 spiro atoms. The maximum absolute atomic E-state index is 13.8. The second-order valence-corrected chi connectivity index (χ2v) is 9.05. The summed E-state index contributed by atoms with van der Waals surface area (Å²) >= 11 is 0. The van der Waals surface area contributed by atoms with Crippen LogP contribution >= 0.6 is 0 Å². The van der Waals surface area contributed by atoms with Crippen molar-refractivity contribution in [1.82, 2.24) is 15.1 Å². The topological polar surface area (TPSA) is 78.7 Å². The molecule has 6 nitrogen and oxygen atoms in total. The van der Waals surface area contributed by atoms with Crippen molar-refractivity contribution in [3.63, 3.8) is 0 Å². The fraction of sp³-hybridized carbons (Fsp3) is 0.636. The first kappa shape index (κ1) is 21.9. The summed E-state index contributed by atoms with van der Waals surface area (Å²) in [6, 6.07) is 0.724. The maximum Gasteiger partial charge on any atom is 0.317 e. The van der Waals surface area contributed by atoms with Crippen LogP contribution in [0.3, 0.4) is 0 Å². The zero-order valence-corrected chi connectivity index (χ0v) is 17.5. The molecule has 31 heavy (non-hydrogen) atoms. The Kier molecular flexibility index (Phi) is 6.41. The third-order valence-electron chi connectivity index (χ3n) is 6.76. The van der Waals surface area contributed by atoms with Gasteiger partial charge in [0.25, 0.3) is 0 Å². The fourth-order valence-corrected chi connectivity index (χ4v) is 5.14. The highest BCUT2D eigenvalue weighted by molar-refractivity contribution is 5.80. The van der Waals surface area contributed by atoms with Gasteiger partial charge in [-0.25, -0.2) is 18.0 Å². The lowest BCUT2D eigenvalue weighted by Gasteiger charge is -2.36. The Morgan fingerprint density at radius 1 is 1.00 bits per heavy atom. The number of amides is 3. The normalized spacial score (nSPS) is 24.5. The van der Waals surface area contributed by atoms with E-state index in [1.165, 1.54) is 6.42 Å². The van der Waals surface area contributed by atoms with E-state index in [4.69, 9.17) is 5.73 Å². The Morgan fingerprint density at radius 3 is 2.32 bits per heavy atom. The quantitative estimate of drug-likeness (QED) is 0.694. The Hall–Kier alpha value is -2.29. The molecule has 0 unspecified atom stereocenters. The number of hydrogen-bond donors (Lipinski definition) is 2. The Balaban J connectivity index is 1.27. The smallest absolute Gasteiger partial charge is 0.317 e. The van der Waals surface area contributed by atoms with E-state index in [-0.39, 0.29) is 48.5 Å². The molecule has 1 saturated carbocycles. The van der Waals surface area contributed by atoms with Gasteiger partial charge in [0.15, 0.2) is 11.6 Å². The summed E-state index contributed by atoms with van der Waals surface area (Å²) in [5.74, 6) is -3.42. The predicted octanol–water partition coefficient (Wildman–Crippen LogP) is 2.69. The van der Waals surface area contributed by atoms with Crippen molar-refractivity contribution in [3.8, 4) is 0 Å². The number of nitrogens with two attached hydrogens (primary N) is 1. The number of benzene rings is 1. The van der Waals surface area contributed by atoms with Crippen LogP contribution in [0.1, 0.15) is 50.5 Å². The third kappa shape index (κ3) is 4.81. The molecular weight excluding hydrogens is 409 g/mol. The average molecular weight is 438 g/mol. The molecule has 1 aliphatic carbocycles. The molecule has 2 heterocycles. The minimum Gasteiger partial charge on any atom is -0.336 e. The molecular formula is C22H29F3N4O2. The summed E-state index contributed by atoms with van der Waals surface area (Å²) in [7, 11) is 0. The molecule has 4 rings (SSSR count). The van der Waals surface area contributed by atoms with Gasteiger partial charge in [-0.15, -0.1) is 0 Å². The summed E-state index contributed by atoms with van der Waals surface area (Å²) in [5.41, 5.74) is 5.96. The second kappa shape index (κ2) is 9.06. The Bertz CT molecular complexity index is 846. The number of rotatable bonds is 5. The number of urea groups is 1. The number of hydrogen-bond acceptors (Lipinski definition) is 3. The van der Waals surface area contributed by atoms with Crippen molar-refractivity contribution in [1.29, 1.82) is 0 Å². The van der Waals surface area contributed by atoms with Crippen LogP contribution in [-0.2, 0) is 11.2 Å². The van der Waals surface area contributed by atoms with Crippen LogP contribution in [0, 0.1) is 17.5 Å². The van der Waals surface area contributed by atoms with Gasteiger partial charge >= 0.3 is 6.03 Å². The van der Waals surface area contributed by atoms with Gasteiger partial charge in [-0.2, -0.15) is 0 Å². The standard InChI is InChI=1S/C22H29F3N4O2/c23-18-10-20(25)19(24)7-13(18)6-14(26)8-21(30)28-11-17-9-16(28)12-29(17)22(31)27-15-4-2-1-3-5-15/h7,10,14-17H,1-6,8-9,11-12,26H2,(H,27,31)/t14-,16+,17+/m1/s1. The summed E-state index contributed by atoms with van der Waals surface area (Å²) in [4.78, 5) is 29.0. The number of carbonyl (C=O) groups is 2. The molecule has 1 aromatic carbocycles. The van der Waals surface area contributed by atoms with E-state index in [2.05, 4.69) is 5.32 Å². The number of piperazine rings is 1. The van der Waals surface area contributed by atoms with E-state index in [9.17, 15) is 22.8 Å². The van der Waals surface area contributed by atoms with E-state index >= 15 is 0 Å². The number of fused-ring (bicyclic) bond motifs is 2. The third-order valence-corrected chi connectivity index (χ3v) is 6.76. The van der Waals surface area contributed by atoms with Crippen molar-refractivity contribution in [2.75, 3.05) is 13.1 Å². The molecule has 3 amide bonds. The first-order valence-corrected chi connectivity index (χ1v) is 11.1. The van der Waals surface area contributed by atoms with Gasteiger partial charge in [0, 0.05) is 37.7 Å². The first-order chi connectivity index (χ1) is 14.8. The lowest BCUT2D eigenvalue weighted by Crippen LogP contribution is -2.55. The Morgan fingerprint density at radius 2 is 1.65 bits per heavy atom. The molecule has 0 radical (unpaired) electrons. The zero-order valence-electron chi connectivity index (χ0n) is 17.5. The van der Waals surface area contributed by atoms with Crippen molar-refractivity contribution >= 4 is 11.9 Å². The van der Waals surface area contributed by atoms with Gasteiger partial charge in [-0.05, 0) is 37.3 Å². The summed E-state index contributed by atoms with van der Waals surface area (Å²) in [6.45, 7) is 0.968. The average Bonchev–Trinajstić information content (AvgIpc) is 3.34. The first-order valence-electron chi connectivity index (χ1n) is 11.1. The number of nitrogens with zero attached hydrogens (tertiary/aromatic N) is 2.